The number of aryl methyl sites for hydroxylation is 1. The van der Waals surface area contributed by atoms with E-state index in [0.29, 0.717) is 17.0 Å². The first-order valence-corrected chi connectivity index (χ1v) is 14.0. The summed E-state index contributed by atoms with van der Waals surface area (Å²) < 4.78 is 5.59. The SMILES string of the molecule is CCc1ccc(N2C(=O)C(=O)/C(=C(/O)c3cc(C(C)(C)C)ccc3OC)C2c2ccc(N(CC)CC)cc2)cc1. The molecule has 1 N–H and O–H groups in total. The lowest BCUT2D eigenvalue weighted by Gasteiger charge is -2.27. The van der Waals surface area contributed by atoms with Crippen LogP contribution < -0.4 is 14.5 Å². The average molecular weight is 541 g/mol. The Kier molecular flexibility index (Phi) is 8.38. The molecule has 210 valence electrons. The molecule has 0 aliphatic carbocycles. The highest BCUT2D eigenvalue weighted by atomic mass is 16.5. The van der Waals surface area contributed by atoms with E-state index in [9.17, 15) is 14.7 Å². The summed E-state index contributed by atoms with van der Waals surface area (Å²) in [5, 5.41) is 11.8. The topological polar surface area (TPSA) is 70.1 Å². The van der Waals surface area contributed by atoms with Crippen LogP contribution in [0.1, 0.15) is 69.8 Å². The predicted octanol–water partition coefficient (Wildman–Crippen LogP) is 7.03. The average Bonchev–Trinajstić information content (AvgIpc) is 3.22. The van der Waals surface area contributed by atoms with Gasteiger partial charge >= 0.3 is 0 Å². The molecule has 6 nitrogen and oxygen atoms in total. The molecule has 0 spiro atoms. The Labute approximate surface area is 237 Å². The molecule has 0 saturated carbocycles. The minimum Gasteiger partial charge on any atom is -0.507 e. The number of carbonyl (C=O) groups excluding carboxylic acids is 2. The quantitative estimate of drug-likeness (QED) is 0.189. The number of aliphatic hydroxyl groups is 1. The molecule has 1 atom stereocenters. The van der Waals surface area contributed by atoms with Crippen molar-refractivity contribution >= 4 is 28.8 Å². The van der Waals surface area contributed by atoms with Gasteiger partial charge in [0.15, 0.2) is 0 Å². The zero-order valence-corrected chi connectivity index (χ0v) is 24.6. The first kappa shape index (κ1) is 28.9. The van der Waals surface area contributed by atoms with Gasteiger partial charge in [0.1, 0.15) is 11.5 Å². The van der Waals surface area contributed by atoms with E-state index in [4.69, 9.17) is 4.74 Å². The van der Waals surface area contributed by atoms with Gasteiger partial charge in [-0.1, -0.05) is 58.0 Å². The number of carbonyl (C=O) groups is 2. The maximum Gasteiger partial charge on any atom is 0.300 e. The van der Waals surface area contributed by atoms with Crippen molar-refractivity contribution in [2.45, 2.75) is 59.4 Å². The van der Waals surface area contributed by atoms with Crippen LogP contribution in [0.3, 0.4) is 0 Å². The number of methoxy groups -OCH3 is 1. The number of ketones is 1. The van der Waals surface area contributed by atoms with Crippen molar-refractivity contribution in [3.05, 3.63) is 94.6 Å². The molecule has 0 bridgehead atoms. The molecule has 1 saturated heterocycles. The van der Waals surface area contributed by atoms with Crippen LogP contribution >= 0.6 is 0 Å². The monoisotopic (exact) mass is 540 g/mol. The number of nitrogens with zero attached hydrogens (tertiary/aromatic N) is 2. The van der Waals surface area contributed by atoms with Gasteiger partial charge in [0.05, 0.1) is 24.3 Å². The largest absolute Gasteiger partial charge is 0.507 e. The molecule has 6 heteroatoms. The van der Waals surface area contributed by atoms with Gasteiger partial charge in [-0.25, -0.2) is 0 Å². The van der Waals surface area contributed by atoms with Crippen LogP contribution in [-0.4, -0.2) is 37.0 Å². The van der Waals surface area contributed by atoms with Gasteiger partial charge in [0, 0.05) is 24.5 Å². The van der Waals surface area contributed by atoms with Gasteiger partial charge in [0.25, 0.3) is 11.7 Å². The van der Waals surface area contributed by atoms with Crippen molar-refractivity contribution < 1.29 is 19.4 Å². The smallest absolute Gasteiger partial charge is 0.300 e. The normalized spacial score (nSPS) is 16.9. The third-order valence-corrected chi connectivity index (χ3v) is 7.73. The van der Waals surface area contributed by atoms with Gasteiger partial charge in [-0.2, -0.15) is 0 Å². The van der Waals surface area contributed by atoms with Crippen LogP contribution in [0.25, 0.3) is 5.76 Å². The second-order valence-electron chi connectivity index (χ2n) is 11.1. The number of hydrogen-bond acceptors (Lipinski definition) is 5. The van der Waals surface area contributed by atoms with Gasteiger partial charge in [0.2, 0.25) is 0 Å². The molecule has 3 aromatic rings. The predicted molar refractivity (Wildman–Crippen MR) is 162 cm³/mol. The summed E-state index contributed by atoms with van der Waals surface area (Å²) in [5.41, 5.74) is 4.73. The molecule has 4 rings (SSSR count). The van der Waals surface area contributed by atoms with Crippen molar-refractivity contribution in [1.82, 2.24) is 0 Å². The number of benzene rings is 3. The zero-order chi connectivity index (χ0) is 29.2. The number of anilines is 2. The first-order valence-electron chi connectivity index (χ1n) is 14.0. The third kappa shape index (κ3) is 5.35. The van der Waals surface area contributed by atoms with Crippen molar-refractivity contribution in [2.75, 3.05) is 30.0 Å². The van der Waals surface area contributed by atoms with Crippen LogP contribution in [-0.2, 0) is 21.4 Å². The van der Waals surface area contributed by atoms with E-state index >= 15 is 0 Å². The van der Waals surface area contributed by atoms with Crippen LogP contribution in [0.5, 0.6) is 5.75 Å². The zero-order valence-electron chi connectivity index (χ0n) is 24.6. The molecule has 1 heterocycles. The number of amides is 1. The second-order valence-corrected chi connectivity index (χ2v) is 11.1. The summed E-state index contributed by atoms with van der Waals surface area (Å²) >= 11 is 0. The van der Waals surface area contributed by atoms with Gasteiger partial charge in [-0.3, -0.25) is 14.5 Å². The van der Waals surface area contributed by atoms with E-state index in [1.807, 2.05) is 60.7 Å². The summed E-state index contributed by atoms with van der Waals surface area (Å²) in [6.45, 7) is 14.2. The Morgan fingerprint density at radius 1 is 0.925 bits per heavy atom. The number of Topliss-reactive ketones (excluding diaryl/α,β-unsaturated/α-hetero) is 1. The standard InChI is InChI=1S/C34H40N2O4/c1-8-22-11-16-26(17-12-22)36-30(23-13-18-25(19-14-23)35(9-2)10-3)29(32(38)33(36)39)31(37)27-21-24(34(4,5)6)15-20-28(27)40-7/h11-21,30,37H,8-10H2,1-7H3/b31-29+. The van der Waals surface area contributed by atoms with Crippen molar-refractivity contribution in [3.8, 4) is 5.75 Å². The first-order chi connectivity index (χ1) is 19.0. The fourth-order valence-electron chi connectivity index (χ4n) is 5.27. The summed E-state index contributed by atoms with van der Waals surface area (Å²) in [6.07, 6.45) is 0.860. The molecule has 1 aliphatic rings. The molecule has 0 aromatic heterocycles. The molecule has 3 aromatic carbocycles. The van der Waals surface area contributed by atoms with Crippen LogP contribution in [0.2, 0.25) is 0 Å². The number of hydrogen-bond donors (Lipinski definition) is 1. The van der Waals surface area contributed by atoms with E-state index < -0.39 is 17.7 Å². The minimum absolute atomic E-state index is 0.0458. The highest BCUT2D eigenvalue weighted by Crippen LogP contribution is 2.44. The maximum atomic E-state index is 13.7. The fourth-order valence-corrected chi connectivity index (χ4v) is 5.27. The number of ether oxygens (including phenoxy) is 1. The van der Waals surface area contributed by atoms with E-state index in [0.717, 1.165) is 41.9 Å². The lowest BCUT2D eigenvalue weighted by atomic mass is 9.85. The molecule has 1 amide bonds. The van der Waals surface area contributed by atoms with E-state index in [1.54, 1.807) is 6.07 Å². The molecular formula is C34H40N2O4. The van der Waals surface area contributed by atoms with Crippen molar-refractivity contribution in [3.63, 3.8) is 0 Å². The summed E-state index contributed by atoms with van der Waals surface area (Å²) in [5.74, 6) is -1.21. The van der Waals surface area contributed by atoms with Crippen molar-refractivity contribution in [1.29, 1.82) is 0 Å². The molecular weight excluding hydrogens is 500 g/mol. The Balaban J connectivity index is 1.95. The van der Waals surface area contributed by atoms with Gasteiger partial charge < -0.3 is 14.7 Å². The fraction of sp³-hybridized carbons (Fsp3) is 0.353. The summed E-state index contributed by atoms with van der Waals surface area (Å²) in [7, 11) is 1.53. The van der Waals surface area contributed by atoms with Crippen LogP contribution in [0.4, 0.5) is 11.4 Å². The summed E-state index contributed by atoms with van der Waals surface area (Å²) in [4.78, 5) is 31.1. The highest BCUT2D eigenvalue weighted by molar-refractivity contribution is 6.51. The van der Waals surface area contributed by atoms with E-state index in [2.05, 4.69) is 46.4 Å². The number of rotatable bonds is 8. The Bertz CT molecular complexity index is 1410. The van der Waals surface area contributed by atoms with Crippen molar-refractivity contribution in [2.24, 2.45) is 0 Å². The summed E-state index contributed by atoms with van der Waals surface area (Å²) in [6, 6.07) is 20.3. The Morgan fingerprint density at radius 3 is 2.08 bits per heavy atom. The van der Waals surface area contributed by atoms with Crippen LogP contribution in [0, 0.1) is 0 Å². The maximum absolute atomic E-state index is 13.7. The lowest BCUT2D eigenvalue weighted by molar-refractivity contribution is -0.132. The highest BCUT2D eigenvalue weighted by Gasteiger charge is 2.47. The Morgan fingerprint density at radius 2 is 1.55 bits per heavy atom. The van der Waals surface area contributed by atoms with Gasteiger partial charge in [-0.15, -0.1) is 0 Å². The third-order valence-electron chi connectivity index (χ3n) is 7.73. The minimum atomic E-state index is -0.804. The molecule has 40 heavy (non-hydrogen) atoms. The lowest BCUT2D eigenvalue weighted by Crippen LogP contribution is -2.29. The molecule has 1 fully saturated rings. The van der Waals surface area contributed by atoms with E-state index in [1.165, 1.54) is 12.0 Å². The van der Waals surface area contributed by atoms with Crippen LogP contribution in [0.15, 0.2) is 72.3 Å². The molecule has 1 unspecified atom stereocenters. The number of aliphatic hydroxyl groups excluding tert-OH is 1. The molecule has 0 radical (unpaired) electrons. The second kappa shape index (κ2) is 11.6. The Hall–Kier alpha value is -4.06. The van der Waals surface area contributed by atoms with Gasteiger partial charge in [-0.05, 0) is 78.8 Å². The van der Waals surface area contributed by atoms with E-state index in [-0.39, 0.29) is 16.7 Å². The molecule has 1 aliphatic heterocycles.